The SMILES string of the molecule is O=C(O)C(COc1ccc(CO)cc1)NC1CC1. The molecule has 5 nitrogen and oxygen atoms in total. The molecule has 0 aliphatic heterocycles. The van der Waals surface area contributed by atoms with E-state index >= 15 is 0 Å². The lowest BCUT2D eigenvalue weighted by Gasteiger charge is -2.15. The average molecular weight is 251 g/mol. The highest BCUT2D eigenvalue weighted by Crippen LogP contribution is 2.20. The first kappa shape index (κ1) is 12.9. The van der Waals surface area contributed by atoms with Crippen LogP contribution < -0.4 is 10.1 Å². The Kier molecular flexibility index (Phi) is 4.17. The lowest BCUT2D eigenvalue weighted by molar-refractivity contribution is -0.140. The molecule has 5 heteroatoms. The molecule has 1 aromatic rings. The molecule has 1 saturated carbocycles. The maximum atomic E-state index is 11.0. The minimum Gasteiger partial charge on any atom is -0.491 e. The van der Waals surface area contributed by atoms with E-state index in [0.717, 1.165) is 18.4 Å². The summed E-state index contributed by atoms with van der Waals surface area (Å²) in [6, 6.07) is 6.60. The largest absolute Gasteiger partial charge is 0.491 e. The molecular weight excluding hydrogens is 234 g/mol. The summed E-state index contributed by atoms with van der Waals surface area (Å²) < 4.78 is 5.43. The van der Waals surface area contributed by atoms with Gasteiger partial charge in [0.1, 0.15) is 18.4 Å². The van der Waals surface area contributed by atoms with Gasteiger partial charge < -0.3 is 14.9 Å². The molecule has 2 rings (SSSR count). The van der Waals surface area contributed by atoms with E-state index < -0.39 is 12.0 Å². The van der Waals surface area contributed by atoms with Crippen LogP contribution in [0.25, 0.3) is 0 Å². The van der Waals surface area contributed by atoms with Crippen molar-refractivity contribution in [1.29, 1.82) is 0 Å². The maximum Gasteiger partial charge on any atom is 0.324 e. The molecule has 0 saturated heterocycles. The minimum absolute atomic E-state index is 0.0126. The predicted octanol–water partition coefficient (Wildman–Crippen LogP) is 0.763. The first-order valence-corrected chi connectivity index (χ1v) is 6.00. The van der Waals surface area contributed by atoms with E-state index in [1.54, 1.807) is 24.3 Å². The molecule has 1 aliphatic rings. The fraction of sp³-hybridized carbons (Fsp3) is 0.462. The van der Waals surface area contributed by atoms with Crippen molar-refractivity contribution in [3.63, 3.8) is 0 Å². The molecule has 98 valence electrons. The molecule has 1 fully saturated rings. The van der Waals surface area contributed by atoms with Crippen LogP contribution in [0.15, 0.2) is 24.3 Å². The number of aliphatic hydroxyl groups is 1. The fourth-order valence-electron chi connectivity index (χ4n) is 1.60. The summed E-state index contributed by atoms with van der Waals surface area (Å²) in [5.41, 5.74) is 0.799. The molecule has 3 N–H and O–H groups in total. The van der Waals surface area contributed by atoms with E-state index in [-0.39, 0.29) is 13.2 Å². The first-order valence-electron chi connectivity index (χ1n) is 6.00. The second-order valence-corrected chi connectivity index (χ2v) is 4.44. The number of carbonyl (C=O) groups is 1. The Hall–Kier alpha value is -1.59. The number of rotatable bonds is 7. The van der Waals surface area contributed by atoms with Crippen molar-refractivity contribution in [2.45, 2.75) is 31.5 Å². The Morgan fingerprint density at radius 1 is 1.39 bits per heavy atom. The summed E-state index contributed by atoms with van der Waals surface area (Å²) in [4.78, 5) is 11.0. The fourth-order valence-corrected chi connectivity index (χ4v) is 1.60. The van der Waals surface area contributed by atoms with Crippen LogP contribution in [0.5, 0.6) is 5.75 Å². The number of hydrogen-bond acceptors (Lipinski definition) is 4. The second kappa shape index (κ2) is 5.84. The molecule has 0 amide bonds. The standard InChI is InChI=1S/C13H17NO4/c15-7-9-1-5-11(6-2-9)18-8-12(13(16)17)14-10-3-4-10/h1-2,5-6,10,12,14-15H,3-4,7-8H2,(H,16,17). The van der Waals surface area contributed by atoms with Gasteiger partial charge in [0.05, 0.1) is 6.61 Å². The summed E-state index contributed by atoms with van der Waals surface area (Å²) in [7, 11) is 0. The molecule has 0 aromatic heterocycles. The molecule has 0 radical (unpaired) electrons. The predicted molar refractivity (Wildman–Crippen MR) is 65.4 cm³/mol. The number of nitrogens with one attached hydrogen (secondary N) is 1. The van der Waals surface area contributed by atoms with Gasteiger partial charge >= 0.3 is 5.97 Å². The lowest BCUT2D eigenvalue weighted by Crippen LogP contribution is -2.42. The topological polar surface area (TPSA) is 78.8 Å². The van der Waals surface area contributed by atoms with E-state index in [9.17, 15) is 4.79 Å². The van der Waals surface area contributed by atoms with Crippen molar-refractivity contribution in [1.82, 2.24) is 5.32 Å². The van der Waals surface area contributed by atoms with Gasteiger partial charge in [-0.1, -0.05) is 12.1 Å². The third kappa shape index (κ3) is 3.72. The van der Waals surface area contributed by atoms with Gasteiger partial charge in [0.25, 0.3) is 0 Å². The zero-order valence-corrected chi connectivity index (χ0v) is 10.0. The molecule has 1 aromatic carbocycles. The summed E-state index contributed by atoms with van der Waals surface area (Å²) >= 11 is 0. The molecule has 0 spiro atoms. The van der Waals surface area contributed by atoms with Crippen LogP contribution in [-0.4, -0.2) is 34.9 Å². The maximum absolute atomic E-state index is 11.0. The zero-order chi connectivity index (χ0) is 13.0. The van der Waals surface area contributed by atoms with Gasteiger partial charge in [-0.3, -0.25) is 10.1 Å². The summed E-state index contributed by atoms with van der Waals surface area (Å²) in [5.74, 6) is -0.287. The highest BCUT2D eigenvalue weighted by molar-refractivity contribution is 5.73. The number of aliphatic hydroxyl groups excluding tert-OH is 1. The Bertz CT molecular complexity index is 400. The Labute approximate surface area is 105 Å². The number of carboxylic acid groups (broad SMARTS) is 1. The van der Waals surface area contributed by atoms with Crippen LogP contribution in [0.2, 0.25) is 0 Å². The van der Waals surface area contributed by atoms with Gasteiger partial charge in [0.15, 0.2) is 0 Å². The quantitative estimate of drug-likeness (QED) is 0.667. The van der Waals surface area contributed by atoms with Crippen molar-refractivity contribution in [3.05, 3.63) is 29.8 Å². The van der Waals surface area contributed by atoms with E-state index in [0.29, 0.717) is 11.8 Å². The average Bonchev–Trinajstić information content (AvgIpc) is 3.18. The normalized spacial score (nSPS) is 16.3. The molecule has 18 heavy (non-hydrogen) atoms. The van der Waals surface area contributed by atoms with E-state index in [2.05, 4.69) is 5.32 Å². The number of benzene rings is 1. The lowest BCUT2D eigenvalue weighted by atomic mass is 10.2. The Balaban J connectivity index is 1.85. The summed E-state index contributed by atoms with van der Waals surface area (Å²) in [6.07, 6.45) is 2.07. The van der Waals surface area contributed by atoms with E-state index in [1.807, 2.05) is 0 Å². The van der Waals surface area contributed by atoms with Crippen molar-refractivity contribution in [3.8, 4) is 5.75 Å². The monoisotopic (exact) mass is 251 g/mol. The summed E-state index contributed by atoms with van der Waals surface area (Å²) in [5, 5.41) is 21.0. The Morgan fingerprint density at radius 3 is 2.56 bits per heavy atom. The second-order valence-electron chi connectivity index (χ2n) is 4.44. The third-order valence-electron chi connectivity index (χ3n) is 2.83. The van der Waals surface area contributed by atoms with Crippen LogP contribution in [0.3, 0.4) is 0 Å². The van der Waals surface area contributed by atoms with E-state index in [4.69, 9.17) is 14.9 Å². The number of hydrogen-bond donors (Lipinski definition) is 3. The van der Waals surface area contributed by atoms with Crippen LogP contribution in [0.4, 0.5) is 0 Å². The highest BCUT2D eigenvalue weighted by Gasteiger charge is 2.28. The van der Waals surface area contributed by atoms with Crippen LogP contribution >= 0.6 is 0 Å². The van der Waals surface area contributed by atoms with Gasteiger partial charge in [0.2, 0.25) is 0 Å². The van der Waals surface area contributed by atoms with Gasteiger partial charge in [0, 0.05) is 6.04 Å². The number of ether oxygens (including phenoxy) is 1. The van der Waals surface area contributed by atoms with Gasteiger partial charge in [-0.05, 0) is 30.5 Å². The van der Waals surface area contributed by atoms with Crippen molar-refractivity contribution in [2.75, 3.05) is 6.61 Å². The first-order chi connectivity index (χ1) is 8.69. The third-order valence-corrected chi connectivity index (χ3v) is 2.83. The highest BCUT2D eigenvalue weighted by atomic mass is 16.5. The van der Waals surface area contributed by atoms with Crippen LogP contribution in [-0.2, 0) is 11.4 Å². The minimum atomic E-state index is -0.895. The molecular formula is C13H17NO4. The van der Waals surface area contributed by atoms with Crippen molar-refractivity contribution >= 4 is 5.97 Å². The molecule has 0 bridgehead atoms. The summed E-state index contributed by atoms with van der Waals surface area (Å²) in [6.45, 7) is 0.0889. The molecule has 1 unspecified atom stereocenters. The zero-order valence-electron chi connectivity index (χ0n) is 10.0. The van der Waals surface area contributed by atoms with Crippen molar-refractivity contribution in [2.24, 2.45) is 0 Å². The smallest absolute Gasteiger partial charge is 0.324 e. The Morgan fingerprint density at radius 2 is 2.06 bits per heavy atom. The molecule has 1 aliphatic carbocycles. The van der Waals surface area contributed by atoms with Gasteiger partial charge in [-0.15, -0.1) is 0 Å². The van der Waals surface area contributed by atoms with E-state index in [1.165, 1.54) is 0 Å². The number of carboxylic acids is 1. The van der Waals surface area contributed by atoms with Crippen molar-refractivity contribution < 1.29 is 19.7 Å². The van der Waals surface area contributed by atoms with Gasteiger partial charge in [-0.25, -0.2) is 0 Å². The van der Waals surface area contributed by atoms with Crippen LogP contribution in [0.1, 0.15) is 18.4 Å². The number of aliphatic carboxylic acids is 1. The van der Waals surface area contributed by atoms with Gasteiger partial charge in [-0.2, -0.15) is 0 Å². The molecule has 0 heterocycles. The molecule has 1 atom stereocenters. The van der Waals surface area contributed by atoms with Crippen LogP contribution in [0, 0.1) is 0 Å².